The van der Waals surface area contributed by atoms with E-state index in [1.54, 1.807) is 21.1 Å². The molecule has 0 spiro atoms. The number of esters is 2. The van der Waals surface area contributed by atoms with E-state index < -0.39 is 18.1 Å². The molecule has 336 valence electrons. The van der Waals surface area contributed by atoms with Gasteiger partial charge in [0, 0.05) is 19.3 Å². The standard InChI is InChI=1S/C52H81NO7/c1-6-8-10-12-14-16-18-20-22-24-25-26-27-29-30-32-34-36-38-40-42-50(54)59-47-48(46-58-45-44-49(52(56)57)53(3,4)5)60-51(55)43-41-39-37-35-33-31-28-23-21-19-17-15-13-11-9-7-2/h8-11,14-17,20-23,25-26,29-31,33-34,36,48-49H,6-7,12-13,18-19,24,27-28,32,35,37-47H2,1-5H3/b10-8+,11-9+,16-14+,17-15+,22-20+,23-21+,26-25+,30-29+,33-31+,36-34+. The summed E-state index contributed by atoms with van der Waals surface area (Å²) in [6.07, 6.45) is 58.0. The number of carboxylic acids is 1. The number of hydrogen-bond donors (Lipinski definition) is 0. The Morgan fingerprint density at radius 1 is 0.500 bits per heavy atom. The fourth-order valence-electron chi connectivity index (χ4n) is 5.66. The third-order valence-corrected chi connectivity index (χ3v) is 9.09. The van der Waals surface area contributed by atoms with Gasteiger partial charge in [0.1, 0.15) is 12.6 Å². The second-order valence-corrected chi connectivity index (χ2v) is 15.5. The largest absolute Gasteiger partial charge is 0.544 e. The van der Waals surface area contributed by atoms with Gasteiger partial charge < -0.3 is 28.6 Å². The average Bonchev–Trinajstić information content (AvgIpc) is 3.21. The Morgan fingerprint density at radius 2 is 0.900 bits per heavy atom. The summed E-state index contributed by atoms with van der Waals surface area (Å²) < 4.78 is 17.1. The van der Waals surface area contributed by atoms with Crippen molar-refractivity contribution in [1.82, 2.24) is 0 Å². The Bertz CT molecular complexity index is 1390. The number of ether oxygens (including phenoxy) is 3. The minimum atomic E-state index is -1.14. The average molecular weight is 832 g/mol. The molecule has 60 heavy (non-hydrogen) atoms. The molecular weight excluding hydrogens is 751 g/mol. The van der Waals surface area contributed by atoms with Crippen LogP contribution in [0.3, 0.4) is 0 Å². The highest BCUT2D eigenvalue weighted by Gasteiger charge is 2.25. The molecule has 0 saturated heterocycles. The number of carbonyl (C=O) groups excluding carboxylic acids is 3. The number of quaternary nitrogens is 1. The molecule has 0 aromatic carbocycles. The molecule has 0 rings (SSSR count). The predicted octanol–water partition coefficient (Wildman–Crippen LogP) is 11.3. The van der Waals surface area contributed by atoms with Gasteiger partial charge in [-0.05, 0) is 96.3 Å². The van der Waals surface area contributed by atoms with Gasteiger partial charge in [-0.25, -0.2) is 0 Å². The molecule has 2 unspecified atom stereocenters. The first kappa shape index (κ1) is 55.7. The molecule has 0 fully saturated rings. The van der Waals surface area contributed by atoms with Crippen LogP contribution in [0.15, 0.2) is 122 Å². The summed E-state index contributed by atoms with van der Waals surface area (Å²) in [4.78, 5) is 36.9. The number of likely N-dealkylation sites (N-methyl/N-ethyl adjacent to an activating group) is 1. The number of aliphatic carboxylic acids is 1. The summed E-state index contributed by atoms with van der Waals surface area (Å²) in [5, 5.41) is 11.6. The van der Waals surface area contributed by atoms with Crippen LogP contribution in [0, 0.1) is 0 Å². The minimum Gasteiger partial charge on any atom is -0.544 e. The minimum absolute atomic E-state index is 0.000297. The summed E-state index contributed by atoms with van der Waals surface area (Å²) in [5.41, 5.74) is 0. The summed E-state index contributed by atoms with van der Waals surface area (Å²) in [6, 6.07) is -0.748. The Kier molecular flexibility index (Phi) is 38.5. The molecule has 0 heterocycles. The Hall–Kier alpha value is -4.27. The molecule has 8 heteroatoms. The molecule has 0 N–H and O–H groups in total. The fraction of sp³-hybridized carbons (Fsp3) is 0.558. The molecule has 0 aromatic heterocycles. The van der Waals surface area contributed by atoms with Crippen LogP contribution in [0.4, 0.5) is 0 Å². The van der Waals surface area contributed by atoms with Crippen molar-refractivity contribution in [3.8, 4) is 0 Å². The van der Waals surface area contributed by atoms with Crippen LogP contribution in [0.2, 0.25) is 0 Å². The number of hydrogen-bond acceptors (Lipinski definition) is 7. The van der Waals surface area contributed by atoms with Gasteiger partial charge in [-0.3, -0.25) is 9.59 Å². The van der Waals surface area contributed by atoms with E-state index in [1.807, 2.05) is 0 Å². The van der Waals surface area contributed by atoms with E-state index in [0.29, 0.717) is 12.8 Å². The number of rotatable bonds is 38. The van der Waals surface area contributed by atoms with Crippen LogP contribution in [0.5, 0.6) is 0 Å². The van der Waals surface area contributed by atoms with Gasteiger partial charge in [0.2, 0.25) is 0 Å². The Balaban J connectivity index is 4.52. The fourth-order valence-corrected chi connectivity index (χ4v) is 5.66. The molecule has 0 aliphatic heterocycles. The highest BCUT2D eigenvalue weighted by molar-refractivity contribution is 5.70. The van der Waals surface area contributed by atoms with Gasteiger partial charge in [0.25, 0.3) is 0 Å². The molecule has 0 radical (unpaired) electrons. The lowest BCUT2D eigenvalue weighted by molar-refractivity contribution is -0.889. The van der Waals surface area contributed by atoms with Crippen LogP contribution in [0.1, 0.15) is 136 Å². The normalized spacial score (nSPS) is 14.1. The molecule has 2 atom stereocenters. The number of carboxylic acid groups (broad SMARTS) is 1. The van der Waals surface area contributed by atoms with Crippen molar-refractivity contribution in [2.75, 3.05) is 41.0 Å². The molecule has 0 aliphatic carbocycles. The molecule has 0 amide bonds. The lowest BCUT2D eigenvalue weighted by atomic mass is 10.1. The molecule has 0 aromatic rings. The van der Waals surface area contributed by atoms with E-state index in [-0.39, 0.29) is 55.5 Å². The van der Waals surface area contributed by atoms with Crippen molar-refractivity contribution in [3.63, 3.8) is 0 Å². The van der Waals surface area contributed by atoms with Gasteiger partial charge in [-0.2, -0.15) is 0 Å². The zero-order valence-corrected chi connectivity index (χ0v) is 38.1. The van der Waals surface area contributed by atoms with Crippen molar-refractivity contribution in [2.45, 2.75) is 148 Å². The number of carbonyl (C=O) groups is 3. The summed E-state index contributed by atoms with van der Waals surface area (Å²) in [6.45, 7) is 4.31. The molecular formula is C52H81NO7. The van der Waals surface area contributed by atoms with Gasteiger partial charge in [-0.15, -0.1) is 0 Å². The zero-order chi connectivity index (χ0) is 44.2. The third-order valence-electron chi connectivity index (χ3n) is 9.09. The van der Waals surface area contributed by atoms with Crippen molar-refractivity contribution in [2.24, 2.45) is 0 Å². The van der Waals surface area contributed by atoms with Crippen LogP contribution in [0.25, 0.3) is 0 Å². The molecule has 0 bridgehead atoms. The molecule has 8 nitrogen and oxygen atoms in total. The van der Waals surface area contributed by atoms with Crippen molar-refractivity contribution in [1.29, 1.82) is 0 Å². The summed E-state index contributed by atoms with van der Waals surface area (Å²) in [7, 11) is 5.36. The van der Waals surface area contributed by atoms with E-state index in [1.165, 1.54) is 0 Å². The highest BCUT2D eigenvalue weighted by Crippen LogP contribution is 2.11. The second-order valence-electron chi connectivity index (χ2n) is 15.5. The summed E-state index contributed by atoms with van der Waals surface area (Å²) in [5.74, 6) is -1.87. The quantitative estimate of drug-likeness (QED) is 0.0264. The lowest BCUT2D eigenvalue weighted by Gasteiger charge is -2.34. The van der Waals surface area contributed by atoms with E-state index in [9.17, 15) is 19.5 Å². The zero-order valence-electron chi connectivity index (χ0n) is 38.1. The van der Waals surface area contributed by atoms with Crippen molar-refractivity contribution >= 4 is 17.9 Å². The first-order valence-electron chi connectivity index (χ1n) is 22.6. The SMILES string of the molecule is CC/C=C/C/C=C/C/C=C/C/C=C/C/C=C/C/C=C/CCCC(=O)OCC(COCCC(C(=O)[O-])[N+](C)(C)C)OC(=O)CCCCC/C=C/C/C=C/C/C=C/C/C=C/CC. The maximum absolute atomic E-state index is 12.7. The van der Waals surface area contributed by atoms with Crippen molar-refractivity contribution in [3.05, 3.63) is 122 Å². The van der Waals surface area contributed by atoms with E-state index in [4.69, 9.17) is 14.2 Å². The van der Waals surface area contributed by atoms with Crippen molar-refractivity contribution < 1.29 is 38.2 Å². The Labute approximate surface area is 365 Å². The predicted molar refractivity (Wildman–Crippen MR) is 249 cm³/mol. The Morgan fingerprint density at radius 3 is 1.32 bits per heavy atom. The van der Waals surface area contributed by atoms with E-state index >= 15 is 0 Å². The van der Waals surface area contributed by atoms with Gasteiger partial charge in [-0.1, -0.05) is 142 Å². The third kappa shape index (κ3) is 39.2. The topological polar surface area (TPSA) is 102 Å². The maximum atomic E-state index is 12.7. The van der Waals surface area contributed by atoms with Crippen LogP contribution in [-0.4, -0.2) is 75.5 Å². The monoisotopic (exact) mass is 832 g/mol. The number of nitrogens with zero attached hydrogens (tertiary/aromatic N) is 1. The summed E-state index contributed by atoms with van der Waals surface area (Å²) >= 11 is 0. The van der Waals surface area contributed by atoms with Crippen LogP contribution < -0.4 is 5.11 Å². The maximum Gasteiger partial charge on any atom is 0.306 e. The first-order valence-corrected chi connectivity index (χ1v) is 22.6. The van der Waals surface area contributed by atoms with E-state index in [0.717, 1.165) is 89.9 Å². The smallest absolute Gasteiger partial charge is 0.306 e. The van der Waals surface area contributed by atoms with Crippen LogP contribution in [-0.2, 0) is 28.6 Å². The highest BCUT2D eigenvalue weighted by atomic mass is 16.6. The van der Waals surface area contributed by atoms with Gasteiger partial charge in [0.05, 0.1) is 40.3 Å². The van der Waals surface area contributed by atoms with Gasteiger partial charge >= 0.3 is 11.9 Å². The second kappa shape index (κ2) is 41.5. The number of unbranched alkanes of at least 4 members (excludes halogenated alkanes) is 4. The first-order chi connectivity index (χ1) is 29.1. The lowest BCUT2D eigenvalue weighted by Crippen LogP contribution is -2.55. The van der Waals surface area contributed by atoms with E-state index in [2.05, 4.69) is 135 Å². The molecule has 0 aliphatic rings. The molecule has 0 saturated carbocycles. The van der Waals surface area contributed by atoms with Crippen LogP contribution >= 0.6 is 0 Å². The van der Waals surface area contributed by atoms with Gasteiger partial charge in [0.15, 0.2) is 6.10 Å². The number of allylic oxidation sites excluding steroid dienone is 20.